The Balaban J connectivity index is 3.21. The number of methoxy groups -OCH3 is 1. The fraction of sp³-hybridized carbons (Fsp3) is 0.273. The zero-order chi connectivity index (χ0) is 13.9. The van der Waals surface area contributed by atoms with Gasteiger partial charge in [0.2, 0.25) is 0 Å². The van der Waals surface area contributed by atoms with E-state index in [4.69, 9.17) is 5.11 Å². The molecule has 0 aliphatic carbocycles. The molecule has 0 fully saturated rings. The highest BCUT2D eigenvalue weighted by Crippen LogP contribution is 2.24. The van der Waals surface area contributed by atoms with Crippen LogP contribution in [0.1, 0.15) is 22.0 Å². The lowest BCUT2D eigenvalue weighted by Crippen LogP contribution is -2.30. The van der Waals surface area contributed by atoms with Gasteiger partial charge >= 0.3 is 11.9 Å². The number of halogens is 1. The van der Waals surface area contributed by atoms with Gasteiger partial charge in [0.05, 0.1) is 7.11 Å². The summed E-state index contributed by atoms with van der Waals surface area (Å²) in [4.78, 5) is 21.9. The summed E-state index contributed by atoms with van der Waals surface area (Å²) in [5.74, 6) is -3.83. The molecule has 2 atom stereocenters. The number of esters is 1. The van der Waals surface area contributed by atoms with Gasteiger partial charge in [0.15, 0.2) is 6.10 Å². The first kappa shape index (κ1) is 14.1. The summed E-state index contributed by atoms with van der Waals surface area (Å²) in [5.41, 5.74) is -1.20. The molecule has 0 saturated carbocycles. The van der Waals surface area contributed by atoms with Gasteiger partial charge in [-0.3, -0.25) is 0 Å². The number of aliphatic hydroxyl groups is 2. The van der Waals surface area contributed by atoms with Crippen LogP contribution >= 0.6 is 0 Å². The Bertz CT molecular complexity index is 473. The van der Waals surface area contributed by atoms with E-state index in [1.165, 1.54) is 0 Å². The number of aliphatic hydroxyl groups excluding tert-OH is 2. The van der Waals surface area contributed by atoms with E-state index in [2.05, 4.69) is 4.74 Å². The van der Waals surface area contributed by atoms with Crippen LogP contribution in [0.25, 0.3) is 0 Å². The minimum absolute atomic E-state index is 0.402. The van der Waals surface area contributed by atoms with Crippen molar-refractivity contribution in [3.63, 3.8) is 0 Å². The summed E-state index contributed by atoms with van der Waals surface area (Å²) in [5, 5.41) is 27.9. The number of ether oxygens (including phenoxy) is 1. The maximum absolute atomic E-state index is 13.3. The van der Waals surface area contributed by atoms with E-state index in [1.807, 2.05) is 0 Å². The molecule has 0 bridgehead atoms. The van der Waals surface area contributed by atoms with E-state index in [0.29, 0.717) is 0 Å². The van der Waals surface area contributed by atoms with E-state index < -0.39 is 41.1 Å². The number of aromatic carboxylic acids is 1. The van der Waals surface area contributed by atoms with Gasteiger partial charge in [0.25, 0.3) is 0 Å². The Morgan fingerprint density at radius 1 is 1.33 bits per heavy atom. The topological polar surface area (TPSA) is 104 Å². The molecule has 2 unspecified atom stereocenters. The van der Waals surface area contributed by atoms with Gasteiger partial charge < -0.3 is 20.1 Å². The van der Waals surface area contributed by atoms with Gasteiger partial charge in [-0.05, 0) is 6.07 Å². The van der Waals surface area contributed by atoms with Gasteiger partial charge in [0, 0.05) is 5.56 Å². The second-order valence-corrected chi connectivity index (χ2v) is 3.42. The van der Waals surface area contributed by atoms with Crippen molar-refractivity contribution in [1.29, 1.82) is 0 Å². The minimum atomic E-state index is -1.99. The number of rotatable bonds is 4. The van der Waals surface area contributed by atoms with E-state index in [1.54, 1.807) is 0 Å². The van der Waals surface area contributed by atoms with Crippen LogP contribution in [-0.2, 0) is 9.53 Å². The summed E-state index contributed by atoms with van der Waals surface area (Å²) in [6.07, 6.45) is -3.88. The monoisotopic (exact) mass is 258 g/mol. The fourth-order valence-corrected chi connectivity index (χ4v) is 1.43. The molecule has 1 aromatic rings. The maximum Gasteiger partial charge on any atom is 0.339 e. The van der Waals surface area contributed by atoms with Gasteiger partial charge in [0.1, 0.15) is 17.5 Å². The first-order valence-corrected chi connectivity index (χ1v) is 4.85. The predicted octanol–water partition coefficient (Wildman–Crippen LogP) is 0.0912. The van der Waals surface area contributed by atoms with Gasteiger partial charge in [-0.1, -0.05) is 12.1 Å². The van der Waals surface area contributed by atoms with Crippen molar-refractivity contribution >= 4 is 11.9 Å². The molecule has 0 heterocycles. The van der Waals surface area contributed by atoms with E-state index in [-0.39, 0.29) is 0 Å². The third-order valence-corrected chi connectivity index (χ3v) is 2.32. The zero-order valence-corrected chi connectivity index (χ0v) is 9.33. The molecule has 0 aliphatic heterocycles. The van der Waals surface area contributed by atoms with Crippen molar-refractivity contribution < 1.29 is 34.0 Å². The summed E-state index contributed by atoms with van der Waals surface area (Å²) >= 11 is 0. The van der Waals surface area contributed by atoms with Crippen molar-refractivity contribution in [2.24, 2.45) is 0 Å². The molecule has 1 rings (SSSR count). The third-order valence-electron chi connectivity index (χ3n) is 2.32. The summed E-state index contributed by atoms with van der Waals surface area (Å²) in [6, 6.07) is 3.15. The largest absolute Gasteiger partial charge is 0.478 e. The van der Waals surface area contributed by atoms with Crippen LogP contribution in [0, 0.1) is 5.82 Å². The Hall–Kier alpha value is -1.99. The summed E-state index contributed by atoms with van der Waals surface area (Å²) in [6.45, 7) is 0. The van der Waals surface area contributed by atoms with E-state index >= 15 is 0 Å². The van der Waals surface area contributed by atoms with Crippen molar-refractivity contribution in [3.8, 4) is 0 Å². The first-order valence-electron chi connectivity index (χ1n) is 4.85. The number of carbonyl (C=O) groups is 2. The molecular formula is C11H11FO6. The third kappa shape index (κ3) is 2.63. The van der Waals surface area contributed by atoms with Crippen molar-refractivity contribution in [3.05, 3.63) is 35.1 Å². The lowest BCUT2D eigenvalue weighted by Gasteiger charge is -2.17. The fourth-order valence-electron chi connectivity index (χ4n) is 1.43. The van der Waals surface area contributed by atoms with E-state index in [0.717, 1.165) is 25.3 Å². The lowest BCUT2D eigenvalue weighted by atomic mass is 9.98. The number of carbonyl (C=O) groups excluding carboxylic acids is 1. The molecule has 6 nitrogen and oxygen atoms in total. The standard InChI is InChI=1S/C11H11FO6/c1-18-11(17)9(14)8(13)5-3-2-4-6(12)7(5)10(15)16/h2-4,8-9,13-14H,1H3,(H,15,16). The van der Waals surface area contributed by atoms with Crippen LogP contribution in [-0.4, -0.2) is 40.5 Å². The van der Waals surface area contributed by atoms with Crippen molar-refractivity contribution in [2.75, 3.05) is 7.11 Å². The Morgan fingerprint density at radius 3 is 2.44 bits per heavy atom. The smallest absolute Gasteiger partial charge is 0.339 e. The zero-order valence-electron chi connectivity index (χ0n) is 9.33. The highest BCUT2D eigenvalue weighted by molar-refractivity contribution is 5.90. The molecular weight excluding hydrogens is 247 g/mol. The average molecular weight is 258 g/mol. The molecule has 0 saturated heterocycles. The first-order chi connectivity index (χ1) is 8.40. The number of carboxylic acids is 1. The molecule has 1 aromatic carbocycles. The number of hydrogen-bond donors (Lipinski definition) is 3. The molecule has 0 aliphatic rings. The summed E-state index contributed by atoms with van der Waals surface area (Å²) in [7, 11) is 0.988. The average Bonchev–Trinajstić information content (AvgIpc) is 2.35. The van der Waals surface area contributed by atoms with Gasteiger partial charge in [-0.25, -0.2) is 14.0 Å². The quantitative estimate of drug-likeness (QED) is 0.661. The predicted molar refractivity (Wildman–Crippen MR) is 56.3 cm³/mol. The lowest BCUT2D eigenvalue weighted by molar-refractivity contribution is -0.156. The number of hydrogen-bond acceptors (Lipinski definition) is 5. The molecule has 0 radical (unpaired) electrons. The van der Waals surface area contributed by atoms with Crippen molar-refractivity contribution in [2.45, 2.75) is 12.2 Å². The van der Waals surface area contributed by atoms with Gasteiger partial charge in [-0.2, -0.15) is 0 Å². The van der Waals surface area contributed by atoms with Crippen LogP contribution in [0.3, 0.4) is 0 Å². The second-order valence-electron chi connectivity index (χ2n) is 3.42. The molecule has 98 valence electrons. The molecule has 0 amide bonds. The van der Waals surface area contributed by atoms with Crippen molar-refractivity contribution in [1.82, 2.24) is 0 Å². The highest BCUT2D eigenvalue weighted by Gasteiger charge is 2.30. The van der Waals surface area contributed by atoms with Crippen LogP contribution in [0.4, 0.5) is 4.39 Å². The number of carboxylic acid groups (broad SMARTS) is 1. The molecule has 0 spiro atoms. The molecule has 18 heavy (non-hydrogen) atoms. The molecule has 3 N–H and O–H groups in total. The van der Waals surface area contributed by atoms with E-state index in [9.17, 15) is 24.2 Å². The minimum Gasteiger partial charge on any atom is -0.478 e. The highest BCUT2D eigenvalue weighted by atomic mass is 19.1. The normalized spacial score (nSPS) is 13.8. The Morgan fingerprint density at radius 2 is 1.94 bits per heavy atom. The van der Waals surface area contributed by atoms with Crippen LogP contribution < -0.4 is 0 Å². The SMILES string of the molecule is COC(=O)C(O)C(O)c1cccc(F)c1C(=O)O. The molecule has 7 heteroatoms. The Labute approximate surface area is 101 Å². The Kier molecular flexibility index (Phi) is 4.35. The maximum atomic E-state index is 13.3. The second kappa shape index (κ2) is 5.56. The summed E-state index contributed by atoms with van der Waals surface area (Å²) < 4.78 is 17.5. The van der Waals surface area contributed by atoms with Crippen LogP contribution in [0.5, 0.6) is 0 Å². The van der Waals surface area contributed by atoms with Crippen LogP contribution in [0.15, 0.2) is 18.2 Å². The number of benzene rings is 1. The van der Waals surface area contributed by atoms with Gasteiger partial charge in [-0.15, -0.1) is 0 Å². The molecule has 0 aromatic heterocycles. The van der Waals surface area contributed by atoms with Crippen LogP contribution in [0.2, 0.25) is 0 Å².